The highest BCUT2D eigenvalue weighted by Gasteiger charge is 2.04. The molecule has 0 aliphatic heterocycles. The minimum atomic E-state index is -0.882. The summed E-state index contributed by atoms with van der Waals surface area (Å²) in [6.07, 6.45) is 5.41. The molecular weight excluding hydrogens is 246 g/mol. The molecule has 0 aromatic carbocycles. The van der Waals surface area contributed by atoms with E-state index in [0.717, 1.165) is 10.0 Å². The minimum absolute atomic E-state index is 0.380. The van der Waals surface area contributed by atoms with Crippen LogP contribution in [0.4, 0.5) is 0 Å². The Morgan fingerprint density at radius 2 is 2.36 bits per heavy atom. The molecule has 3 nitrogen and oxygen atoms in total. The molecule has 0 saturated heterocycles. The van der Waals surface area contributed by atoms with Crippen molar-refractivity contribution in [2.24, 2.45) is 0 Å². The quantitative estimate of drug-likeness (QED) is 0.846. The Labute approximate surface area is 90.6 Å². The van der Waals surface area contributed by atoms with Gasteiger partial charge in [0.2, 0.25) is 0 Å². The van der Waals surface area contributed by atoms with Crippen molar-refractivity contribution < 1.29 is 9.90 Å². The number of pyridine rings is 1. The SMILES string of the molecule is CC/C(=C\c1cncc(Br)c1)C(=O)O. The van der Waals surface area contributed by atoms with Crippen LogP contribution in [0.5, 0.6) is 0 Å². The summed E-state index contributed by atoms with van der Waals surface area (Å²) in [6, 6.07) is 1.82. The van der Waals surface area contributed by atoms with E-state index < -0.39 is 5.97 Å². The van der Waals surface area contributed by atoms with Gasteiger partial charge in [-0.1, -0.05) is 6.92 Å². The molecule has 4 heteroatoms. The van der Waals surface area contributed by atoms with Crippen LogP contribution < -0.4 is 0 Å². The van der Waals surface area contributed by atoms with Crippen LogP contribution >= 0.6 is 15.9 Å². The maximum absolute atomic E-state index is 10.7. The number of carbonyl (C=O) groups is 1. The number of halogens is 1. The second-order valence-electron chi connectivity index (χ2n) is 2.76. The molecule has 0 saturated carbocycles. The van der Waals surface area contributed by atoms with Crippen molar-refractivity contribution in [1.29, 1.82) is 0 Å². The first-order chi connectivity index (χ1) is 6.63. The van der Waals surface area contributed by atoms with Gasteiger partial charge in [-0.05, 0) is 40.1 Å². The zero-order chi connectivity index (χ0) is 10.6. The standard InChI is InChI=1S/C10H10BrNO2/c1-2-8(10(13)14)3-7-4-9(11)6-12-5-7/h3-6H,2H2,1H3,(H,13,14)/b8-3+. The molecule has 74 valence electrons. The average Bonchev–Trinajstić information content (AvgIpc) is 2.14. The summed E-state index contributed by atoms with van der Waals surface area (Å²) in [6.45, 7) is 1.81. The predicted molar refractivity (Wildman–Crippen MR) is 57.8 cm³/mol. The van der Waals surface area contributed by atoms with Gasteiger partial charge in [-0.2, -0.15) is 0 Å². The Kier molecular flexibility index (Phi) is 3.83. The number of hydrogen-bond acceptors (Lipinski definition) is 2. The van der Waals surface area contributed by atoms with E-state index in [-0.39, 0.29) is 0 Å². The fourth-order valence-corrected chi connectivity index (χ4v) is 1.41. The lowest BCUT2D eigenvalue weighted by molar-refractivity contribution is -0.132. The van der Waals surface area contributed by atoms with E-state index in [1.807, 2.05) is 13.0 Å². The van der Waals surface area contributed by atoms with E-state index >= 15 is 0 Å². The minimum Gasteiger partial charge on any atom is -0.478 e. The molecule has 0 fully saturated rings. The Bertz CT molecular complexity index is 374. The molecule has 0 amide bonds. The van der Waals surface area contributed by atoms with Gasteiger partial charge < -0.3 is 5.11 Å². The van der Waals surface area contributed by atoms with Gasteiger partial charge in [-0.3, -0.25) is 4.98 Å². The molecule has 0 bridgehead atoms. The van der Waals surface area contributed by atoms with Crippen LogP contribution in [0, 0.1) is 0 Å². The number of carboxylic acid groups (broad SMARTS) is 1. The van der Waals surface area contributed by atoms with E-state index in [4.69, 9.17) is 5.11 Å². The Morgan fingerprint density at radius 1 is 1.64 bits per heavy atom. The maximum Gasteiger partial charge on any atom is 0.331 e. The summed E-state index contributed by atoms with van der Waals surface area (Å²) in [5, 5.41) is 8.80. The lowest BCUT2D eigenvalue weighted by atomic mass is 10.1. The lowest BCUT2D eigenvalue weighted by Gasteiger charge is -1.98. The van der Waals surface area contributed by atoms with Crippen molar-refractivity contribution in [3.63, 3.8) is 0 Å². The Morgan fingerprint density at radius 3 is 2.86 bits per heavy atom. The van der Waals surface area contributed by atoms with Crippen LogP contribution in [0.15, 0.2) is 28.5 Å². The Balaban J connectivity index is 3.00. The first-order valence-electron chi connectivity index (χ1n) is 4.18. The molecule has 0 radical (unpaired) electrons. The average molecular weight is 256 g/mol. The molecule has 1 heterocycles. The van der Waals surface area contributed by atoms with Gasteiger partial charge in [0.15, 0.2) is 0 Å². The van der Waals surface area contributed by atoms with Crippen LogP contribution in [0.1, 0.15) is 18.9 Å². The van der Waals surface area contributed by atoms with E-state index in [9.17, 15) is 4.79 Å². The van der Waals surface area contributed by atoms with Crippen LogP contribution in [-0.2, 0) is 4.79 Å². The molecule has 0 aliphatic carbocycles. The highest BCUT2D eigenvalue weighted by atomic mass is 79.9. The van der Waals surface area contributed by atoms with Gasteiger partial charge in [0.1, 0.15) is 0 Å². The largest absolute Gasteiger partial charge is 0.478 e. The van der Waals surface area contributed by atoms with Gasteiger partial charge in [-0.15, -0.1) is 0 Å². The van der Waals surface area contributed by atoms with E-state index in [2.05, 4.69) is 20.9 Å². The summed E-state index contributed by atoms with van der Waals surface area (Å²) >= 11 is 3.27. The molecule has 1 aromatic heterocycles. The molecule has 1 N–H and O–H groups in total. The van der Waals surface area contributed by atoms with E-state index in [1.165, 1.54) is 0 Å². The van der Waals surface area contributed by atoms with Crippen molar-refractivity contribution in [1.82, 2.24) is 4.98 Å². The van der Waals surface area contributed by atoms with Gasteiger partial charge in [-0.25, -0.2) is 4.79 Å². The third-order valence-electron chi connectivity index (χ3n) is 1.72. The second kappa shape index (κ2) is 4.91. The van der Waals surface area contributed by atoms with Crippen molar-refractivity contribution in [3.8, 4) is 0 Å². The zero-order valence-electron chi connectivity index (χ0n) is 7.70. The summed E-state index contributed by atoms with van der Waals surface area (Å²) in [5.74, 6) is -0.882. The first-order valence-corrected chi connectivity index (χ1v) is 4.97. The van der Waals surface area contributed by atoms with Gasteiger partial charge in [0.05, 0.1) is 0 Å². The van der Waals surface area contributed by atoms with Gasteiger partial charge >= 0.3 is 5.97 Å². The van der Waals surface area contributed by atoms with Gasteiger partial charge in [0.25, 0.3) is 0 Å². The predicted octanol–water partition coefficient (Wildman–Crippen LogP) is 2.72. The van der Waals surface area contributed by atoms with Crippen molar-refractivity contribution in [2.45, 2.75) is 13.3 Å². The first kappa shape index (κ1) is 10.9. The fraction of sp³-hybridized carbons (Fsp3) is 0.200. The lowest BCUT2D eigenvalue weighted by Crippen LogP contribution is -1.98. The van der Waals surface area contributed by atoms with Crippen molar-refractivity contribution >= 4 is 28.0 Å². The maximum atomic E-state index is 10.7. The second-order valence-corrected chi connectivity index (χ2v) is 3.68. The van der Waals surface area contributed by atoms with Crippen LogP contribution in [0.25, 0.3) is 6.08 Å². The summed E-state index contributed by atoms with van der Waals surface area (Å²) in [5.41, 5.74) is 1.17. The molecule has 0 unspecified atom stereocenters. The summed E-state index contributed by atoms with van der Waals surface area (Å²) < 4.78 is 0.840. The fourth-order valence-electron chi connectivity index (χ4n) is 1.02. The number of aromatic nitrogens is 1. The highest BCUT2D eigenvalue weighted by molar-refractivity contribution is 9.10. The monoisotopic (exact) mass is 255 g/mol. The summed E-state index contributed by atoms with van der Waals surface area (Å²) in [4.78, 5) is 14.7. The highest BCUT2D eigenvalue weighted by Crippen LogP contribution is 2.14. The third-order valence-corrected chi connectivity index (χ3v) is 2.16. The molecule has 0 aliphatic rings. The van der Waals surface area contributed by atoms with E-state index in [0.29, 0.717) is 12.0 Å². The van der Waals surface area contributed by atoms with Crippen LogP contribution in [0.2, 0.25) is 0 Å². The van der Waals surface area contributed by atoms with Crippen molar-refractivity contribution in [2.75, 3.05) is 0 Å². The number of rotatable bonds is 3. The number of aliphatic carboxylic acids is 1. The van der Waals surface area contributed by atoms with Gasteiger partial charge in [0, 0.05) is 22.4 Å². The van der Waals surface area contributed by atoms with E-state index in [1.54, 1.807) is 18.5 Å². The molecular formula is C10H10BrNO2. The van der Waals surface area contributed by atoms with Crippen LogP contribution in [-0.4, -0.2) is 16.1 Å². The molecule has 0 atom stereocenters. The molecule has 0 spiro atoms. The molecule has 14 heavy (non-hydrogen) atoms. The smallest absolute Gasteiger partial charge is 0.331 e. The number of nitrogens with zero attached hydrogens (tertiary/aromatic N) is 1. The Hall–Kier alpha value is -1.16. The summed E-state index contributed by atoms with van der Waals surface area (Å²) in [7, 11) is 0. The molecule has 1 aromatic rings. The zero-order valence-corrected chi connectivity index (χ0v) is 9.28. The van der Waals surface area contributed by atoms with Crippen molar-refractivity contribution in [3.05, 3.63) is 34.1 Å². The topological polar surface area (TPSA) is 50.2 Å². The third kappa shape index (κ3) is 2.96. The van der Waals surface area contributed by atoms with Crippen LogP contribution in [0.3, 0.4) is 0 Å². The normalized spacial score (nSPS) is 11.4. The molecule has 1 rings (SSSR count). The number of hydrogen-bond donors (Lipinski definition) is 1. The number of carboxylic acids is 1.